The lowest BCUT2D eigenvalue weighted by Crippen LogP contribution is -2.19. The van der Waals surface area contributed by atoms with Gasteiger partial charge in [0.15, 0.2) is 0 Å². The highest BCUT2D eigenvalue weighted by molar-refractivity contribution is 6.00. The van der Waals surface area contributed by atoms with Crippen molar-refractivity contribution in [3.05, 3.63) is 23.5 Å². The van der Waals surface area contributed by atoms with Crippen LogP contribution in [0.3, 0.4) is 0 Å². The monoisotopic (exact) mass is 282 g/mol. The molecule has 0 saturated heterocycles. The fourth-order valence-corrected chi connectivity index (χ4v) is 2.27. The minimum atomic E-state index is -1.23. The minimum absolute atomic E-state index is 0.162. The van der Waals surface area contributed by atoms with Crippen molar-refractivity contribution in [2.75, 3.05) is 31.3 Å². The van der Waals surface area contributed by atoms with Gasteiger partial charge in [0.2, 0.25) is 0 Å². The van der Waals surface area contributed by atoms with E-state index in [-0.39, 0.29) is 16.7 Å². The number of methoxy groups -OCH3 is 1. The van der Waals surface area contributed by atoms with Crippen molar-refractivity contribution < 1.29 is 19.0 Å². The molecule has 0 aliphatic heterocycles. The summed E-state index contributed by atoms with van der Waals surface area (Å²) >= 11 is 0. The van der Waals surface area contributed by atoms with Crippen molar-refractivity contribution in [2.45, 2.75) is 19.3 Å². The molecule has 1 aliphatic rings. The lowest BCUT2D eigenvalue weighted by atomic mass is 10.0. The molecule has 0 unspecified atom stereocenters. The molecule has 1 aromatic carbocycles. The molecule has 1 aliphatic carbocycles. The van der Waals surface area contributed by atoms with Crippen LogP contribution in [-0.2, 0) is 4.74 Å². The topological polar surface area (TPSA) is 84.6 Å². The largest absolute Gasteiger partial charge is 0.478 e. The van der Waals surface area contributed by atoms with E-state index in [1.807, 2.05) is 0 Å². The molecule has 0 atom stereocenters. The molecule has 0 radical (unpaired) electrons. The smallest absolute Gasteiger partial charge is 0.340 e. The third-order valence-corrected chi connectivity index (χ3v) is 3.85. The van der Waals surface area contributed by atoms with Crippen molar-refractivity contribution >= 4 is 17.3 Å². The third kappa shape index (κ3) is 3.01. The Balaban J connectivity index is 2.10. The van der Waals surface area contributed by atoms with Crippen LogP contribution in [-0.4, -0.2) is 31.3 Å². The van der Waals surface area contributed by atoms with Gasteiger partial charge in [-0.05, 0) is 36.8 Å². The van der Waals surface area contributed by atoms with Gasteiger partial charge in [-0.1, -0.05) is 0 Å². The lowest BCUT2D eigenvalue weighted by Gasteiger charge is -2.18. The summed E-state index contributed by atoms with van der Waals surface area (Å²) in [5.41, 5.74) is 5.50. The van der Waals surface area contributed by atoms with E-state index in [1.165, 1.54) is 12.1 Å². The molecule has 110 valence electrons. The quantitative estimate of drug-likeness (QED) is 0.668. The zero-order chi connectivity index (χ0) is 14.8. The Morgan fingerprint density at radius 3 is 2.80 bits per heavy atom. The first-order valence-electron chi connectivity index (χ1n) is 6.53. The number of carboxylic acid groups (broad SMARTS) is 1. The summed E-state index contributed by atoms with van der Waals surface area (Å²) in [7, 11) is 1.66. The van der Waals surface area contributed by atoms with Gasteiger partial charge in [0.1, 0.15) is 11.4 Å². The fourth-order valence-electron chi connectivity index (χ4n) is 2.27. The van der Waals surface area contributed by atoms with E-state index in [9.17, 15) is 9.18 Å². The van der Waals surface area contributed by atoms with Crippen LogP contribution in [0.25, 0.3) is 0 Å². The molecule has 1 saturated carbocycles. The second-order valence-corrected chi connectivity index (χ2v) is 5.29. The zero-order valence-corrected chi connectivity index (χ0v) is 11.4. The number of benzene rings is 1. The molecule has 20 heavy (non-hydrogen) atoms. The molecular weight excluding hydrogens is 263 g/mol. The van der Waals surface area contributed by atoms with Crippen LogP contribution < -0.4 is 11.1 Å². The van der Waals surface area contributed by atoms with Gasteiger partial charge >= 0.3 is 5.97 Å². The molecule has 1 fully saturated rings. The molecule has 0 amide bonds. The van der Waals surface area contributed by atoms with Crippen LogP contribution in [0, 0.1) is 11.2 Å². The number of hydrogen-bond acceptors (Lipinski definition) is 4. The number of nitrogen functional groups attached to an aromatic ring is 1. The Kier molecular flexibility index (Phi) is 4.13. The van der Waals surface area contributed by atoms with Crippen LogP contribution in [0.15, 0.2) is 12.1 Å². The highest BCUT2D eigenvalue weighted by Crippen LogP contribution is 2.48. The van der Waals surface area contributed by atoms with Gasteiger partial charge in [-0.2, -0.15) is 0 Å². The van der Waals surface area contributed by atoms with Crippen molar-refractivity contribution in [1.29, 1.82) is 0 Å². The Morgan fingerprint density at radius 2 is 2.25 bits per heavy atom. The summed E-state index contributed by atoms with van der Waals surface area (Å²) in [6.07, 6.45) is 3.10. The highest BCUT2D eigenvalue weighted by Gasteiger charge is 2.41. The molecular formula is C14H19FN2O3. The maximum Gasteiger partial charge on any atom is 0.340 e. The number of rotatable bonds is 7. The van der Waals surface area contributed by atoms with Gasteiger partial charge in [0.05, 0.1) is 11.4 Å². The second-order valence-electron chi connectivity index (χ2n) is 5.29. The average molecular weight is 282 g/mol. The van der Waals surface area contributed by atoms with E-state index >= 15 is 0 Å². The number of carbonyl (C=O) groups is 1. The van der Waals surface area contributed by atoms with E-state index < -0.39 is 11.8 Å². The standard InChI is InChI=1S/C14H19FN2O3/c1-20-7-6-14(4-5-14)8-17-10-3-2-9(15)12(16)11(10)13(18)19/h2-3,17H,4-8,16H2,1H3,(H,18,19). The third-order valence-electron chi connectivity index (χ3n) is 3.85. The first kappa shape index (κ1) is 14.6. The number of hydrogen-bond donors (Lipinski definition) is 3. The molecule has 0 heterocycles. The second kappa shape index (κ2) is 5.66. The SMILES string of the molecule is COCCC1(CNc2ccc(F)c(N)c2C(=O)O)CC1. The molecule has 2 rings (SSSR count). The Labute approximate surface area is 116 Å². The number of anilines is 2. The van der Waals surface area contributed by atoms with Crippen LogP contribution in [0.1, 0.15) is 29.6 Å². The van der Waals surface area contributed by atoms with Crippen LogP contribution in [0.2, 0.25) is 0 Å². The van der Waals surface area contributed by atoms with Crippen LogP contribution in [0.4, 0.5) is 15.8 Å². The Morgan fingerprint density at radius 1 is 1.55 bits per heavy atom. The van der Waals surface area contributed by atoms with E-state index in [4.69, 9.17) is 15.6 Å². The lowest BCUT2D eigenvalue weighted by molar-refractivity contribution is 0.0698. The summed E-state index contributed by atoms with van der Waals surface area (Å²) < 4.78 is 18.4. The Bertz CT molecular complexity index is 515. The molecule has 5 nitrogen and oxygen atoms in total. The van der Waals surface area contributed by atoms with Gasteiger partial charge in [-0.15, -0.1) is 0 Å². The maximum atomic E-state index is 13.3. The van der Waals surface area contributed by atoms with Gasteiger partial charge in [-0.25, -0.2) is 9.18 Å². The number of halogens is 1. The molecule has 0 spiro atoms. The van der Waals surface area contributed by atoms with E-state index in [2.05, 4.69) is 5.32 Å². The minimum Gasteiger partial charge on any atom is -0.478 e. The molecule has 0 aromatic heterocycles. The van der Waals surface area contributed by atoms with Gasteiger partial charge in [-0.3, -0.25) is 0 Å². The Hall–Kier alpha value is -1.82. The summed E-state index contributed by atoms with van der Waals surface area (Å²) in [6.45, 7) is 1.32. The van der Waals surface area contributed by atoms with Crippen molar-refractivity contribution in [2.24, 2.45) is 5.41 Å². The highest BCUT2D eigenvalue weighted by atomic mass is 19.1. The first-order chi connectivity index (χ1) is 9.49. The number of nitrogens with one attached hydrogen (secondary N) is 1. The summed E-state index contributed by atoms with van der Waals surface area (Å²) in [5, 5.41) is 12.2. The summed E-state index contributed by atoms with van der Waals surface area (Å²) in [5.74, 6) is -1.94. The van der Waals surface area contributed by atoms with E-state index in [1.54, 1.807) is 7.11 Å². The number of aromatic carboxylic acids is 1. The van der Waals surface area contributed by atoms with E-state index in [0.717, 1.165) is 19.3 Å². The maximum absolute atomic E-state index is 13.3. The molecule has 0 bridgehead atoms. The van der Waals surface area contributed by atoms with Crippen LogP contribution in [0.5, 0.6) is 0 Å². The van der Waals surface area contributed by atoms with Crippen LogP contribution >= 0.6 is 0 Å². The zero-order valence-electron chi connectivity index (χ0n) is 11.4. The van der Waals surface area contributed by atoms with E-state index in [0.29, 0.717) is 18.8 Å². The summed E-state index contributed by atoms with van der Waals surface area (Å²) in [6, 6.07) is 2.60. The van der Waals surface area contributed by atoms with Crippen molar-refractivity contribution in [3.8, 4) is 0 Å². The fraction of sp³-hybridized carbons (Fsp3) is 0.500. The van der Waals surface area contributed by atoms with Gasteiger partial charge in [0.25, 0.3) is 0 Å². The normalized spacial score (nSPS) is 15.9. The number of ether oxygens (including phenoxy) is 1. The molecule has 1 aromatic rings. The predicted octanol–water partition coefficient (Wildman–Crippen LogP) is 2.33. The molecule has 6 heteroatoms. The van der Waals surface area contributed by atoms with Gasteiger partial charge in [0, 0.05) is 20.3 Å². The van der Waals surface area contributed by atoms with Crippen molar-refractivity contribution in [1.82, 2.24) is 0 Å². The van der Waals surface area contributed by atoms with Gasteiger partial charge < -0.3 is 20.9 Å². The first-order valence-corrected chi connectivity index (χ1v) is 6.53. The summed E-state index contributed by atoms with van der Waals surface area (Å²) in [4.78, 5) is 11.2. The average Bonchev–Trinajstić information content (AvgIpc) is 3.18. The van der Waals surface area contributed by atoms with Crippen molar-refractivity contribution in [3.63, 3.8) is 0 Å². The predicted molar refractivity (Wildman–Crippen MR) is 74.4 cm³/mol. The number of nitrogens with two attached hydrogens (primary N) is 1. The number of carboxylic acids is 1. The molecule has 4 N–H and O–H groups in total.